The fourth-order valence-corrected chi connectivity index (χ4v) is 2.66. The van der Waals surface area contributed by atoms with Gasteiger partial charge in [-0.05, 0) is 25.0 Å². The van der Waals surface area contributed by atoms with E-state index < -0.39 is 0 Å². The third-order valence-electron chi connectivity index (χ3n) is 3.87. The van der Waals surface area contributed by atoms with Crippen molar-refractivity contribution in [2.75, 3.05) is 39.5 Å². The molecule has 4 nitrogen and oxygen atoms in total. The molecule has 112 valence electrons. The predicted octanol–water partition coefficient (Wildman–Crippen LogP) is 1.34. The summed E-state index contributed by atoms with van der Waals surface area (Å²) in [5.41, 5.74) is 2.61. The normalized spacial score (nSPS) is 19.8. The van der Waals surface area contributed by atoms with Gasteiger partial charge >= 0.3 is 0 Å². The highest BCUT2D eigenvalue weighted by molar-refractivity contribution is 5.29. The fourth-order valence-electron chi connectivity index (χ4n) is 2.66. The largest absolute Gasteiger partial charge is 0.395 e. The summed E-state index contributed by atoms with van der Waals surface area (Å²) >= 11 is 0. The van der Waals surface area contributed by atoms with E-state index in [2.05, 4.69) is 41.4 Å². The molecule has 0 aliphatic carbocycles. The first-order valence-electron chi connectivity index (χ1n) is 7.43. The van der Waals surface area contributed by atoms with Gasteiger partial charge in [0.1, 0.15) is 0 Å². The number of aliphatic hydroxyl groups is 1. The van der Waals surface area contributed by atoms with E-state index in [1.165, 1.54) is 11.1 Å². The van der Waals surface area contributed by atoms with Crippen LogP contribution in [0.4, 0.5) is 0 Å². The van der Waals surface area contributed by atoms with Crippen LogP contribution in [-0.4, -0.2) is 55.5 Å². The highest BCUT2D eigenvalue weighted by atomic mass is 16.5. The lowest BCUT2D eigenvalue weighted by Gasteiger charge is -2.33. The molecule has 0 bridgehead atoms. The summed E-state index contributed by atoms with van der Waals surface area (Å²) in [5, 5.41) is 12.8. The first-order chi connectivity index (χ1) is 9.70. The number of nitrogens with zero attached hydrogens (tertiary/aromatic N) is 1. The zero-order valence-corrected chi connectivity index (χ0v) is 12.5. The van der Waals surface area contributed by atoms with E-state index in [0.29, 0.717) is 0 Å². The van der Waals surface area contributed by atoms with E-state index in [9.17, 15) is 5.11 Å². The smallest absolute Gasteiger partial charge is 0.0594 e. The van der Waals surface area contributed by atoms with Crippen LogP contribution in [0.3, 0.4) is 0 Å². The van der Waals surface area contributed by atoms with Crippen LogP contribution >= 0.6 is 0 Å². The van der Waals surface area contributed by atoms with Gasteiger partial charge in [0, 0.05) is 31.7 Å². The summed E-state index contributed by atoms with van der Waals surface area (Å²) in [7, 11) is 0. The third kappa shape index (κ3) is 4.28. The molecule has 2 N–H and O–H groups in total. The van der Waals surface area contributed by atoms with Gasteiger partial charge < -0.3 is 15.2 Å². The molecular formula is C16H26N2O2. The number of nitrogens with one attached hydrogen (secondary N) is 1. The van der Waals surface area contributed by atoms with Gasteiger partial charge in [0.25, 0.3) is 0 Å². The van der Waals surface area contributed by atoms with Crippen molar-refractivity contribution >= 4 is 0 Å². The molecule has 1 aromatic carbocycles. The quantitative estimate of drug-likeness (QED) is 0.824. The van der Waals surface area contributed by atoms with E-state index in [4.69, 9.17) is 4.74 Å². The molecule has 0 amide bonds. The Bertz CT molecular complexity index is 405. The summed E-state index contributed by atoms with van der Waals surface area (Å²) in [6.07, 6.45) is 0. The Kier molecular flexibility index (Phi) is 5.98. The summed E-state index contributed by atoms with van der Waals surface area (Å²) in [4.78, 5) is 2.43. The van der Waals surface area contributed by atoms with Crippen LogP contribution in [0.5, 0.6) is 0 Å². The minimum atomic E-state index is 0.0978. The molecule has 1 aliphatic heterocycles. The SMILES string of the molecule is Cc1ccccc1C(CN1CCOCC1)N[C@@H](C)CO. The summed E-state index contributed by atoms with van der Waals surface area (Å²) in [6.45, 7) is 8.88. The molecule has 0 aromatic heterocycles. The van der Waals surface area contributed by atoms with Crippen molar-refractivity contribution in [3.8, 4) is 0 Å². The summed E-state index contributed by atoms with van der Waals surface area (Å²) in [6, 6.07) is 8.82. The highest BCUT2D eigenvalue weighted by Crippen LogP contribution is 2.20. The van der Waals surface area contributed by atoms with Crippen LogP contribution in [0, 0.1) is 6.92 Å². The molecule has 2 rings (SSSR count). The van der Waals surface area contributed by atoms with Crippen LogP contribution in [0.2, 0.25) is 0 Å². The summed E-state index contributed by atoms with van der Waals surface area (Å²) in [5.74, 6) is 0. The van der Waals surface area contributed by atoms with E-state index in [0.717, 1.165) is 32.8 Å². The molecule has 0 radical (unpaired) electrons. The molecule has 20 heavy (non-hydrogen) atoms. The number of hydrogen-bond donors (Lipinski definition) is 2. The maximum absolute atomic E-state index is 9.31. The van der Waals surface area contributed by atoms with Crippen LogP contribution in [0.1, 0.15) is 24.1 Å². The van der Waals surface area contributed by atoms with Crippen molar-refractivity contribution < 1.29 is 9.84 Å². The molecular weight excluding hydrogens is 252 g/mol. The fraction of sp³-hybridized carbons (Fsp3) is 0.625. The summed E-state index contributed by atoms with van der Waals surface area (Å²) < 4.78 is 5.41. The number of rotatable bonds is 6. The topological polar surface area (TPSA) is 44.7 Å². The van der Waals surface area contributed by atoms with Crippen molar-refractivity contribution in [2.45, 2.75) is 25.9 Å². The van der Waals surface area contributed by atoms with E-state index in [1.807, 2.05) is 6.92 Å². The van der Waals surface area contributed by atoms with Gasteiger partial charge in [0.2, 0.25) is 0 Å². The monoisotopic (exact) mass is 278 g/mol. The third-order valence-corrected chi connectivity index (χ3v) is 3.87. The molecule has 1 fully saturated rings. The van der Waals surface area contributed by atoms with Gasteiger partial charge in [0.15, 0.2) is 0 Å². The Morgan fingerprint density at radius 1 is 1.30 bits per heavy atom. The average molecular weight is 278 g/mol. The van der Waals surface area contributed by atoms with Gasteiger partial charge in [-0.3, -0.25) is 4.90 Å². The predicted molar refractivity (Wildman–Crippen MR) is 80.9 cm³/mol. The van der Waals surface area contributed by atoms with Crippen molar-refractivity contribution in [1.82, 2.24) is 10.2 Å². The molecule has 1 aliphatic rings. The molecule has 1 saturated heterocycles. The Balaban J connectivity index is 2.09. The van der Waals surface area contributed by atoms with Gasteiger partial charge in [0.05, 0.1) is 19.8 Å². The first-order valence-corrected chi connectivity index (χ1v) is 7.43. The molecule has 0 spiro atoms. The molecule has 0 saturated carbocycles. The van der Waals surface area contributed by atoms with Crippen molar-refractivity contribution in [2.24, 2.45) is 0 Å². The molecule has 1 unspecified atom stereocenters. The van der Waals surface area contributed by atoms with Crippen LogP contribution in [-0.2, 0) is 4.74 Å². The second-order valence-corrected chi connectivity index (χ2v) is 5.57. The standard InChI is InChI=1S/C16H26N2O2/c1-13-5-3-4-6-15(13)16(17-14(2)12-19)11-18-7-9-20-10-8-18/h3-6,14,16-17,19H,7-12H2,1-2H3/t14-,16?/m0/s1. The lowest BCUT2D eigenvalue weighted by molar-refractivity contribution is 0.0324. The zero-order chi connectivity index (χ0) is 14.4. The van der Waals surface area contributed by atoms with Crippen LogP contribution in [0.25, 0.3) is 0 Å². The van der Waals surface area contributed by atoms with E-state index in [-0.39, 0.29) is 18.7 Å². The molecule has 1 heterocycles. The first kappa shape index (κ1) is 15.4. The minimum Gasteiger partial charge on any atom is -0.395 e. The molecule has 4 heteroatoms. The van der Waals surface area contributed by atoms with Gasteiger partial charge in [-0.15, -0.1) is 0 Å². The minimum absolute atomic E-state index is 0.0978. The number of aryl methyl sites for hydroxylation is 1. The lowest BCUT2D eigenvalue weighted by Crippen LogP contribution is -2.44. The second-order valence-electron chi connectivity index (χ2n) is 5.57. The number of benzene rings is 1. The van der Waals surface area contributed by atoms with Gasteiger partial charge in [-0.1, -0.05) is 24.3 Å². The Labute approximate surface area is 121 Å². The zero-order valence-electron chi connectivity index (χ0n) is 12.5. The Morgan fingerprint density at radius 2 is 2.00 bits per heavy atom. The maximum atomic E-state index is 9.31. The maximum Gasteiger partial charge on any atom is 0.0594 e. The molecule has 2 atom stereocenters. The number of morpholine rings is 1. The number of aliphatic hydroxyl groups excluding tert-OH is 1. The number of ether oxygens (including phenoxy) is 1. The lowest BCUT2D eigenvalue weighted by atomic mass is 10.00. The highest BCUT2D eigenvalue weighted by Gasteiger charge is 2.20. The van der Waals surface area contributed by atoms with Gasteiger partial charge in [-0.25, -0.2) is 0 Å². The van der Waals surface area contributed by atoms with Crippen LogP contribution < -0.4 is 5.32 Å². The van der Waals surface area contributed by atoms with E-state index in [1.54, 1.807) is 0 Å². The Morgan fingerprint density at radius 3 is 2.65 bits per heavy atom. The number of hydrogen-bond acceptors (Lipinski definition) is 4. The molecule has 1 aromatic rings. The average Bonchev–Trinajstić information content (AvgIpc) is 2.48. The van der Waals surface area contributed by atoms with E-state index >= 15 is 0 Å². The van der Waals surface area contributed by atoms with Crippen molar-refractivity contribution in [3.05, 3.63) is 35.4 Å². The van der Waals surface area contributed by atoms with Crippen molar-refractivity contribution in [3.63, 3.8) is 0 Å². The van der Waals surface area contributed by atoms with Gasteiger partial charge in [-0.2, -0.15) is 0 Å². The Hall–Kier alpha value is -0.940. The van der Waals surface area contributed by atoms with Crippen molar-refractivity contribution in [1.29, 1.82) is 0 Å². The van der Waals surface area contributed by atoms with Crippen LogP contribution in [0.15, 0.2) is 24.3 Å². The second kappa shape index (κ2) is 7.74.